The fraction of sp³-hybridized carbons (Fsp3) is 0.588. The second-order valence-corrected chi connectivity index (χ2v) is 6.31. The van der Waals surface area contributed by atoms with Crippen molar-refractivity contribution in [2.45, 2.75) is 31.1 Å². The summed E-state index contributed by atoms with van der Waals surface area (Å²) >= 11 is 0. The zero-order valence-corrected chi connectivity index (χ0v) is 13.3. The standard InChI is InChI=1S/C17H21F3N2O2/c18-17(19,20)7-6-16(23)21-8-9-22-14(10-21)11-24-12-15(22)13-4-2-1-3-5-13/h1-5,14-15H,6-12H2/t14-,15-/m1/s1. The van der Waals surface area contributed by atoms with Crippen LogP contribution in [0.1, 0.15) is 24.4 Å². The van der Waals surface area contributed by atoms with Crippen LogP contribution in [-0.2, 0) is 9.53 Å². The lowest BCUT2D eigenvalue weighted by Gasteiger charge is -2.48. The molecule has 3 rings (SSSR count). The SMILES string of the molecule is O=C(CCC(F)(F)F)N1CCN2[C@@H](COC[C@@H]2c2ccccc2)C1. The van der Waals surface area contributed by atoms with Gasteiger partial charge in [0.2, 0.25) is 5.91 Å². The first kappa shape index (κ1) is 17.2. The first-order valence-corrected chi connectivity index (χ1v) is 8.17. The molecular formula is C17H21F3N2O2. The summed E-state index contributed by atoms with van der Waals surface area (Å²) in [5.41, 5.74) is 1.17. The Morgan fingerprint density at radius 1 is 1.17 bits per heavy atom. The van der Waals surface area contributed by atoms with E-state index in [1.165, 1.54) is 5.56 Å². The van der Waals surface area contributed by atoms with Crippen LogP contribution in [0, 0.1) is 0 Å². The normalized spacial score (nSPS) is 25.4. The van der Waals surface area contributed by atoms with Gasteiger partial charge in [0.15, 0.2) is 0 Å². The molecule has 0 aliphatic carbocycles. The van der Waals surface area contributed by atoms with Crippen molar-refractivity contribution in [2.24, 2.45) is 0 Å². The summed E-state index contributed by atoms with van der Waals surface area (Å²) in [7, 11) is 0. The quantitative estimate of drug-likeness (QED) is 0.847. The molecule has 2 fully saturated rings. The number of halogens is 3. The molecule has 2 saturated heterocycles. The summed E-state index contributed by atoms with van der Waals surface area (Å²) in [6.07, 6.45) is -5.82. The molecule has 0 unspecified atom stereocenters. The smallest absolute Gasteiger partial charge is 0.378 e. The molecular weight excluding hydrogens is 321 g/mol. The number of amides is 1. The van der Waals surface area contributed by atoms with E-state index in [0.717, 1.165) is 0 Å². The number of nitrogens with zero attached hydrogens (tertiary/aromatic N) is 2. The Labute approximate surface area is 139 Å². The van der Waals surface area contributed by atoms with E-state index in [4.69, 9.17) is 4.74 Å². The molecule has 0 N–H and O–H groups in total. The molecule has 0 bridgehead atoms. The van der Waals surface area contributed by atoms with Crippen molar-refractivity contribution in [3.63, 3.8) is 0 Å². The number of carbonyl (C=O) groups is 1. The van der Waals surface area contributed by atoms with Crippen molar-refractivity contribution in [2.75, 3.05) is 32.8 Å². The van der Waals surface area contributed by atoms with Gasteiger partial charge in [0.05, 0.1) is 31.7 Å². The molecule has 4 nitrogen and oxygen atoms in total. The van der Waals surface area contributed by atoms with Crippen molar-refractivity contribution < 1.29 is 22.7 Å². The van der Waals surface area contributed by atoms with Gasteiger partial charge in [-0.05, 0) is 5.56 Å². The number of benzene rings is 1. The van der Waals surface area contributed by atoms with Gasteiger partial charge >= 0.3 is 6.18 Å². The summed E-state index contributed by atoms with van der Waals surface area (Å²) in [4.78, 5) is 15.9. The zero-order chi connectivity index (χ0) is 17.2. The minimum absolute atomic E-state index is 0.0348. The zero-order valence-electron chi connectivity index (χ0n) is 13.3. The molecule has 1 aromatic carbocycles. The highest BCUT2D eigenvalue weighted by molar-refractivity contribution is 5.76. The maximum absolute atomic E-state index is 12.3. The lowest BCUT2D eigenvalue weighted by atomic mass is 10.00. The molecule has 0 radical (unpaired) electrons. The van der Waals surface area contributed by atoms with Crippen LogP contribution in [-0.4, -0.2) is 60.8 Å². The number of ether oxygens (including phenoxy) is 1. The van der Waals surface area contributed by atoms with Crippen molar-refractivity contribution in [1.29, 1.82) is 0 Å². The van der Waals surface area contributed by atoms with E-state index in [1.54, 1.807) is 4.90 Å². The van der Waals surface area contributed by atoms with E-state index < -0.39 is 24.9 Å². The molecule has 0 saturated carbocycles. The van der Waals surface area contributed by atoms with Crippen molar-refractivity contribution in [1.82, 2.24) is 9.80 Å². The lowest BCUT2D eigenvalue weighted by molar-refractivity contribution is -0.153. The number of carbonyl (C=O) groups excluding carboxylic acids is 1. The molecule has 24 heavy (non-hydrogen) atoms. The Kier molecular flexibility index (Phi) is 5.10. The molecule has 7 heteroatoms. The summed E-state index contributed by atoms with van der Waals surface area (Å²) in [6.45, 7) is 2.66. The van der Waals surface area contributed by atoms with E-state index in [0.29, 0.717) is 32.8 Å². The number of hydrogen-bond acceptors (Lipinski definition) is 3. The van der Waals surface area contributed by atoms with Gasteiger partial charge in [0.25, 0.3) is 0 Å². The largest absolute Gasteiger partial charge is 0.389 e. The predicted octanol–water partition coefficient (Wildman–Crippen LogP) is 2.61. The molecule has 132 valence electrons. The van der Waals surface area contributed by atoms with Crippen LogP contribution in [0.15, 0.2) is 30.3 Å². The van der Waals surface area contributed by atoms with E-state index >= 15 is 0 Å². The molecule has 1 amide bonds. The fourth-order valence-corrected chi connectivity index (χ4v) is 3.44. The van der Waals surface area contributed by atoms with E-state index in [9.17, 15) is 18.0 Å². The highest BCUT2D eigenvalue weighted by atomic mass is 19.4. The number of hydrogen-bond donors (Lipinski definition) is 0. The minimum Gasteiger partial charge on any atom is -0.378 e. The second kappa shape index (κ2) is 7.11. The van der Waals surface area contributed by atoms with Crippen LogP contribution in [0.25, 0.3) is 0 Å². The van der Waals surface area contributed by atoms with E-state index in [1.807, 2.05) is 18.2 Å². The second-order valence-electron chi connectivity index (χ2n) is 6.31. The molecule has 2 aliphatic rings. The Morgan fingerprint density at radius 3 is 2.62 bits per heavy atom. The number of fused-ring (bicyclic) bond motifs is 1. The molecule has 2 aliphatic heterocycles. The van der Waals surface area contributed by atoms with Gasteiger partial charge < -0.3 is 9.64 Å². The molecule has 0 aromatic heterocycles. The van der Waals surface area contributed by atoms with Gasteiger partial charge in [-0.15, -0.1) is 0 Å². The maximum Gasteiger partial charge on any atom is 0.389 e. The monoisotopic (exact) mass is 342 g/mol. The highest BCUT2D eigenvalue weighted by Crippen LogP contribution is 2.30. The van der Waals surface area contributed by atoms with Crippen molar-refractivity contribution >= 4 is 5.91 Å². The highest BCUT2D eigenvalue weighted by Gasteiger charge is 2.38. The number of morpholine rings is 1. The Morgan fingerprint density at radius 2 is 1.92 bits per heavy atom. The molecule has 2 atom stereocenters. The van der Waals surface area contributed by atoms with Crippen molar-refractivity contribution in [3.05, 3.63) is 35.9 Å². The summed E-state index contributed by atoms with van der Waals surface area (Å²) in [6, 6.07) is 10.2. The van der Waals surface area contributed by atoms with Crippen LogP contribution in [0.2, 0.25) is 0 Å². The fourth-order valence-electron chi connectivity index (χ4n) is 3.44. The average molecular weight is 342 g/mol. The first-order chi connectivity index (χ1) is 11.4. The third kappa shape index (κ3) is 4.08. The van der Waals surface area contributed by atoms with Crippen LogP contribution >= 0.6 is 0 Å². The maximum atomic E-state index is 12.3. The van der Waals surface area contributed by atoms with Gasteiger partial charge in [-0.3, -0.25) is 9.69 Å². The summed E-state index contributed by atoms with van der Waals surface area (Å²) in [5, 5.41) is 0. The minimum atomic E-state index is -4.29. The Bertz CT molecular complexity index is 565. The van der Waals surface area contributed by atoms with Crippen LogP contribution in [0.3, 0.4) is 0 Å². The van der Waals surface area contributed by atoms with Crippen LogP contribution in [0.5, 0.6) is 0 Å². The predicted molar refractivity (Wildman–Crippen MR) is 82.4 cm³/mol. The number of rotatable bonds is 3. The van der Waals surface area contributed by atoms with E-state index in [-0.39, 0.29) is 12.1 Å². The number of alkyl halides is 3. The summed E-state index contributed by atoms with van der Waals surface area (Å²) < 4.78 is 42.6. The first-order valence-electron chi connectivity index (χ1n) is 8.17. The average Bonchev–Trinajstić information content (AvgIpc) is 2.58. The number of piperazine rings is 1. The Hall–Kier alpha value is -1.60. The van der Waals surface area contributed by atoms with Gasteiger partial charge in [-0.2, -0.15) is 13.2 Å². The van der Waals surface area contributed by atoms with Gasteiger partial charge in [-0.25, -0.2) is 0 Å². The van der Waals surface area contributed by atoms with Crippen LogP contribution in [0.4, 0.5) is 13.2 Å². The Balaban J connectivity index is 1.61. The van der Waals surface area contributed by atoms with Gasteiger partial charge in [-0.1, -0.05) is 30.3 Å². The molecule has 1 aromatic rings. The van der Waals surface area contributed by atoms with E-state index in [2.05, 4.69) is 17.0 Å². The van der Waals surface area contributed by atoms with Gasteiger partial charge in [0.1, 0.15) is 0 Å². The topological polar surface area (TPSA) is 32.8 Å². The molecule has 0 spiro atoms. The molecule has 2 heterocycles. The van der Waals surface area contributed by atoms with Crippen LogP contribution < -0.4 is 0 Å². The third-order valence-electron chi connectivity index (χ3n) is 4.67. The lowest BCUT2D eigenvalue weighted by Crippen LogP contribution is -2.60. The summed E-state index contributed by atoms with van der Waals surface area (Å²) in [5.74, 6) is -0.422. The third-order valence-corrected chi connectivity index (χ3v) is 4.67. The van der Waals surface area contributed by atoms with Gasteiger partial charge in [0, 0.05) is 26.1 Å². The van der Waals surface area contributed by atoms with Crippen molar-refractivity contribution in [3.8, 4) is 0 Å².